The third kappa shape index (κ3) is 2.61. The molecule has 0 spiro atoms. The number of pyridine rings is 1. The van der Waals surface area contributed by atoms with E-state index in [1.807, 2.05) is 48.5 Å². The van der Waals surface area contributed by atoms with E-state index in [9.17, 15) is 0 Å². The van der Waals surface area contributed by atoms with Crippen LogP contribution in [0.4, 0.5) is 4.39 Å². The minimum Gasteiger partial charge on any atom is -0.383 e. The molecule has 0 bridgehead atoms. The SMILES string of the molecule is NC1=NC(c2cccc(-c3cncnc3)c2)(c2ccncc2F)c2ccccc21. The number of nitrogens with zero attached hydrogens (tertiary/aromatic N) is 4. The van der Waals surface area contributed by atoms with E-state index in [4.69, 9.17) is 10.7 Å². The molecular weight excluding hydrogens is 365 g/mol. The van der Waals surface area contributed by atoms with Crippen LogP contribution in [0.25, 0.3) is 11.1 Å². The van der Waals surface area contributed by atoms with Crippen LogP contribution in [0.3, 0.4) is 0 Å². The summed E-state index contributed by atoms with van der Waals surface area (Å²) in [5, 5.41) is 0. The van der Waals surface area contributed by atoms with Crippen molar-refractivity contribution >= 4 is 5.84 Å². The Hall–Kier alpha value is -3.93. The van der Waals surface area contributed by atoms with Crippen molar-refractivity contribution in [1.29, 1.82) is 0 Å². The molecule has 1 aliphatic rings. The van der Waals surface area contributed by atoms with Crippen LogP contribution in [0.2, 0.25) is 0 Å². The molecule has 0 saturated carbocycles. The molecule has 5 nitrogen and oxygen atoms in total. The molecule has 0 amide bonds. The quantitative estimate of drug-likeness (QED) is 0.587. The second kappa shape index (κ2) is 6.60. The fourth-order valence-electron chi connectivity index (χ4n) is 3.94. The highest BCUT2D eigenvalue weighted by Crippen LogP contribution is 2.47. The number of hydrogen-bond acceptors (Lipinski definition) is 5. The van der Waals surface area contributed by atoms with Crippen LogP contribution in [-0.4, -0.2) is 20.8 Å². The summed E-state index contributed by atoms with van der Waals surface area (Å²) in [6.45, 7) is 0. The van der Waals surface area contributed by atoms with Gasteiger partial charge in [0.15, 0.2) is 0 Å². The van der Waals surface area contributed by atoms with Gasteiger partial charge in [-0.2, -0.15) is 0 Å². The van der Waals surface area contributed by atoms with E-state index in [2.05, 4.69) is 15.0 Å². The van der Waals surface area contributed by atoms with Crippen LogP contribution in [0.5, 0.6) is 0 Å². The van der Waals surface area contributed by atoms with Gasteiger partial charge in [0.2, 0.25) is 0 Å². The summed E-state index contributed by atoms with van der Waals surface area (Å²) in [5.74, 6) is -0.0561. The van der Waals surface area contributed by atoms with Crippen LogP contribution in [0.1, 0.15) is 22.3 Å². The minimum absolute atomic E-state index is 0.380. The fourth-order valence-corrected chi connectivity index (χ4v) is 3.94. The maximum atomic E-state index is 15.0. The lowest BCUT2D eigenvalue weighted by molar-refractivity contribution is 0.555. The van der Waals surface area contributed by atoms with Gasteiger partial charge in [-0.05, 0) is 28.8 Å². The van der Waals surface area contributed by atoms with Crippen LogP contribution >= 0.6 is 0 Å². The van der Waals surface area contributed by atoms with E-state index < -0.39 is 11.4 Å². The predicted molar refractivity (Wildman–Crippen MR) is 109 cm³/mol. The molecule has 4 aromatic rings. The largest absolute Gasteiger partial charge is 0.383 e. The molecular formula is C23H16FN5. The van der Waals surface area contributed by atoms with Crippen molar-refractivity contribution in [2.24, 2.45) is 10.7 Å². The topological polar surface area (TPSA) is 77.0 Å². The zero-order valence-electron chi connectivity index (χ0n) is 15.3. The summed E-state index contributed by atoms with van der Waals surface area (Å²) >= 11 is 0. The second-order valence-corrected chi connectivity index (χ2v) is 6.82. The summed E-state index contributed by atoms with van der Waals surface area (Å²) in [6.07, 6.45) is 7.75. The van der Waals surface area contributed by atoms with Gasteiger partial charge in [0.25, 0.3) is 0 Å². The second-order valence-electron chi connectivity index (χ2n) is 6.82. The zero-order chi connectivity index (χ0) is 19.8. The van der Waals surface area contributed by atoms with Gasteiger partial charge in [-0.25, -0.2) is 19.4 Å². The van der Waals surface area contributed by atoms with Gasteiger partial charge in [0.05, 0.1) is 6.20 Å². The Morgan fingerprint density at radius 2 is 1.62 bits per heavy atom. The molecule has 1 unspecified atom stereocenters. The number of nitrogens with two attached hydrogens (primary N) is 1. The molecule has 3 heterocycles. The van der Waals surface area contributed by atoms with Crippen molar-refractivity contribution in [2.75, 3.05) is 0 Å². The van der Waals surface area contributed by atoms with Gasteiger partial charge in [0.1, 0.15) is 23.5 Å². The average Bonchev–Trinajstić information content (AvgIpc) is 3.08. The van der Waals surface area contributed by atoms with E-state index >= 15 is 4.39 Å². The van der Waals surface area contributed by atoms with Crippen molar-refractivity contribution in [1.82, 2.24) is 15.0 Å². The molecule has 140 valence electrons. The van der Waals surface area contributed by atoms with E-state index in [0.29, 0.717) is 11.4 Å². The number of benzene rings is 2. The van der Waals surface area contributed by atoms with Gasteiger partial charge >= 0.3 is 0 Å². The van der Waals surface area contributed by atoms with E-state index in [0.717, 1.165) is 27.8 Å². The first kappa shape index (κ1) is 17.2. The van der Waals surface area contributed by atoms with Gasteiger partial charge in [-0.3, -0.25) is 4.98 Å². The summed E-state index contributed by atoms with van der Waals surface area (Å²) in [4.78, 5) is 16.9. The van der Waals surface area contributed by atoms with Gasteiger partial charge < -0.3 is 5.73 Å². The molecule has 1 atom stereocenters. The van der Waals surface area contributed by atoms with Crippen LogP contribution in [-0.2, 0) is 5.54 Å². The van der Waals surface area contributed by atoms with Crippen molar-refractivity contribution in [3.05, 3.63) is 114 Å². The number of rotatable bonds is 3. The summed E-state index contributed by atoms with van der Waals surface area (Å²) in [5.41, 5.74) is 9.81. The third-order valence-electron chi connectivity index (χ3n) is 5.22. The zero-order valence-corrected chi connectivity index (χ0v) is 15.3. The molecule has 29 heavy (non-hydrogen) atoms. The van der Waals surface area contributed by atoms with Crippen LogP contribution < -0.4 is 5.73 Å². The Balaban J connectivity index is 1.82. The standard InChI is InChI=1S/C23H16FN5/c24-21-13-26-9-8-20(21)23(19-7-2-1-6-18(19)22(25)29-23)17-5-3-4-15(10-17)16-11-27-14-28-12-16/h1-14H,(H2,25,29). The normalized spacial score (nSPS) is 17.6. The van der Waals surface area contributed by atoms with Crippen molar-refractivity contribution < 1.29 is 4.39 Å². The molecule has 5 rings (SSSR count). The molecule has 0 saturated heterocycles. The Kier molecular flexibility index (Phi) is 3.91. The average molecular weight is 381 g/mol. The Labute approximate surface area is 166 Å². The number of hydrogen-bond donors (Lipinski definition) is 1. The molecule has 0 fully saturated rings. The van der Waals surface area contributed by atoms with E-state index in [1.165, 1.54) is 12.5 Å². The molecule has 1 aliphatic heterocycles. The van der Waals surface area contributed by atoms with Gasteiger partial charge in [-0.15, -0.1) is 0 Å². The monoisotopic (exact) mass is 381 g/mol. The highest BCUT2D eigenvalue weighted by atomic mass is 19.1. The lowest BCUT2D eigenvalue weighted by atomic mass is 9.77. The Morgan fingerprint density at radius 1 is 0.793 bits per heavy atom. The molecule has 2 aromatic heterocycles. The lowest BCUT2D eigenvalue weighted by Crippen LogP contribution is -2.27. The number of halogens is 1. The maximum absolute atomic E-state index is 15.0. The van der Waals surface area contributed by atoms with Gasteiger partial charge in [0, 0.05) is 35.3 Å². The summed E-state index contributed by atoms with van der Waals surface area (Å²) in [6, 6.07) is 17.1. The first-order valence-corrected chi connectivity index (χ1v) is 9.11. The lowest BCUT2D eigenvalue weighted by Gasteiger charge is -2.29. The molecule has 6 heteroatoms. The molecule has 2 N–H and O–H groups in total. The number of amidine groups is 1. The van der Waals surface area contributed by atoms with Crippen LogP contribution in [0.15, 0.2) is 90.7 Å². The van der Waals surface area contributed by atoms with Crippen molar-refractivity contribution in [3.63, 3.8) is 0 Å². The predicted octanol–water partition coefficient (Wildman–Crippen LogP) is 3.69. The fraction of sp³-hybridized carbons (Fsp3) is 0.0435. The Morgan fingerprint density at radius 3 is 2.45 bits per heavy atom. The summed E-state index contributed by atoms with van der Waals surface area (Å²) < 4.78 is 15.0. The first-order chi connectivity index (χ1) is 14.2. The van der Waals surface area contributed by atoms with E-state index in [1.54, 1.807) is 24.7 Å². The van der Waals surface area contributed by atoms with Crippen LogP contribution in [0, 0.1) is 5.82 Å². The molecule has 2 aromatic carbocycles. The molecule has 0 aliphatic carbocycles. The number of fused-ring (bicyclic) bond motifs is 1. The number of aromatic nitrogens is 3. The van der Waals surface area contributed by atoms with Crippen molar-refractivity contribution in [2.45, 2.75) is 5.54 Å². The van der Waals surface area contributed by atoms with Crippen molar-refractivity contribution in [3.8, 4) is 11.1 Å². The highest BCUT2D eigenvalue weighted by Gasteiger charge is 2.44. The minimum atomic E-state index is -1.10. The Bertz CT molecular complexity index is 1240. The highest BCUT2D eigenvalue weighted by molar-refractivity contribution is 6.03. The first-order valence-electron chi connectivity index (χ1n) is 9.11. The maximum Gasteiger partial charge on any atom is 0.147 e. The smallest absolute Gasteiger partial charge is 0.147 e. The number of aliphatic imine (C=N–C) groups is 1. The molecule has 0 radical (unpaired) electrons. The van der Waals surface area contributed by atoms with E-state index in [-0.39, 0.29) is 0 Å². The third-order valence-corrected chi connectivity index (χ3v) is 5.22. The van der Waals surface area contributed by atoms with Gasteiger partial charge in [-0.1, -0.05) is 42.5 Å². The summed E-state index contributed by atoms with van der Waals surface area (Å²) in [7, 11) is 0.